The van der Waals surface area contributed by atoms with E-state index >= 15 is 0 Å². The summed E-state index contributed by atoms with van der Waals surface area (Å²) in [4.78, 5) is 24.5. The molecule has 1 aliphatic carbocycles. The lowest BCUT2D eigenvalue weighted by Crippen LogP contribution is -2.33. The van der Waals surface area contributed by atoms with Crippen molar-refractivity contribution in [3.63, 3.8) is 0 Å². The van der Waals surface area contributed by atoms with Crippen LogP contribution in [0, 0.1) is 18.8 Å². The Balaban J connectivity index is 1.24. The number of amides is 1. The first kappa shape index (κ1) is 26.6. The molecule has 0 saturated carbocycles. The second kappa shape index (κ2) is 10.6. The van der Waals surface area contributed by atoms with E-state index in [1.54, 1.807) is 19.1 Å². The lowest BCUT2D eigenvalue weighted by Gasteiger charge is -2.32. The molecule has 5 rings (SSSR count). The van der Waals surface area contributed by atoms with Gasteiger partial charge in [-0.25, -0.2) is 13.4 Å². The van der Waals surface area contributed by atoms with Crippen molar-refractivity contribution in [2.75, 3.05) is 12.3 Å². The van der Waals surface area contributed by atoms with E-state index in [1.807, 2.05) is 19.1 Å². The van der Waals surface area contributed by atoms with Gasteiger partial charge in [-0.05, 0) is 60.1 Å². The van der Waals surface area contributed by atoms with Gasteiger partial charge >= 0.3 is 0 Å². The molecule has 1 amide bonds. The predicted octanol–water partition coefficient (Wildman–Crippen LogP) is 4.42. The Kier molecular flexibility index (Phi) is 7.42. The molecule has 3 heterocycles. The molecular weight excluding hydrogens is 500 g/mol. The fourth-order valence-corrected chi connectivity index (χ4v) is 6.67. The van der Waals surface area contributed by atoms with E-state index < -0.39 is 9.84 Å². The molecule has 202 valence electrons. The highest BCUT2D eigenvalue weighted by atomic mass is 32.2. The minimum absolute atomic E-state index is 0.0287. The van der Waals surface area contributed by atoms with Gasteiger partial charge in [-0.2, -0.15) is 0 Å². The molecule has 0 unspecified atom stereocenters. The largest absolute Gasteiger partial charge is 0.446 e. The third kappa shape index (κ3) is 5.40. The molecule has 1 aromatic carbocycles. The second-order valence-electron chi connectivity index (χ2n) is 10.8. The van der Waals surface area contributed by atoms with Gasteiger partial charge in [0.05, 0.1) is 28.6 Å². The van der Waals surface area contributed by atoms with Crippen LogP contribution in [0.15, 0.2) is 45.8 Å². The third-order valence-corrected chi connectivity index (χ3v) is 9.45. The fraction of sp³-hybridized carbons (Fsp3) is 0.483. The maximum atomic E-state index is 13.0. The van der Waals surface area contributed by atoms with Gasteiger partial charge in [0.25, 0.3) is 5.91 Å². The summed E-state index contributed by atoms with van der Waals surface area (Å²) in [6.45, 7) is 10.1. The van der Waals surface area contributed by atoms with Crippen LogP contribution < -0.4 is 5.32 Å². The molecule has 3 aromatic rings. The van der Waals surface area contributed by atoms with Crippen molar-refractivity contribution >= 4 is 15.7 Å². The van der Waals surface area contributed by atoms with Crippen LogP contribution in [0.2, 0.25) is 0 Å². The van der Waals surface area contributed by atoms with Crippen molar-refractivity contribution < 1.29 is 17.6 Å². The van der Waals surface area contributed by atoms with Crippen LogP contribution in [0.1, 0.15) is 77.8 Å². The Bertz CT molecular complexity index is 1430. The standard InChI is InChI=1S/C29H36N4O4S/c1-5-38(35,36)24-9-8-23(30-15-24)14-31-29(34)21-7-10-25-22(13-21)17-33(28(25)18(2)3)16-20-6-11-26-27(12-20)37-19(4)32-26/h7-10,13,15,18,20,28H,5-6,11-12,14,16-17H2,1-4H3,(H,31,34)/t20-,28+/m1/s1. The molecule has 0 spiro atoms. The summed E-state index contributed by atoms with van der Waals surface area (Å²) in [6.07, 6.45) is 4.37. The maximum absolute atomic E-state index is 13.0. The number of carbonyl (C=O) groups excluding carboxylic acids is 1. The zero-order chi connectivity index (χ0) is 27.0. The predicted molar refractivity (Wildman–Crippen MR) is 144 cm³/mol. The van der Waals surface area contributed by atoms with Gasteiger partial charge in [0.2, 0.25) is 0 Å². The Hall–Kier alpha value is -3.04. The highest BCUT2D eigenvalue weighted by Crippen LogP contribution is 2.40. The Morgan fingerprint density at radius 2 is 2.05 bits per heavy atom. The summed E-state index contributed by atoms with van der Waals surface area (Å²) in [5.41, 5.74) is 4.86. The Labute approximate surface area is 224 Å². The van der Waals surface area contributed by atoms with Crippen molar-refractivity contribution in [2.24, 2.45) is 11.8 Å². The molecule has 0 saturated heterocycles. The van der Waals surface area contributed by atoms with E-state index in [1.165, 1.54) is 17.3 Å². The van der Waals surface area contributed by atoms with Crippen molar-refractivity contribution in [2.45, 2.75) is 71.0 Å². The number of carbonyl (C=O) groups is 1. The molecule has 0 fully saturated rings. The van der Waals surface area contributed by atoms with Crippen LogP contribution in [0.5, 0.6) is 0 Å². The highest BCUT2D eigenvalue weighted by Gasteiger charge is 2.35. The number of oxazole rings is 1. The first-order chi connectivity index (χ1) is 18.1. The summed E-state index contributed by atoms with van der Waals surface area (Å²) in [7, 11) is -3.29. The summed E-state index contributed by atoms with van der Waals surface area (Å²) in [6, 6.07) is 9.54. The first-order valence-electron chi connectivity index (χ1n) is 13.4. The van der Waals surface area contributed by atoms with Gasteiger partial charge < -0.3 is 9.73 Å². The monoisotopic (exact) mass is 536 g/mol. The van der Waals surface area contributed by atoms with Gasteiger partial charge in [0.15, 0.2) is 15.7 Å². The van der Waals surface area contributed by atoms with Crippen molar-refractivity contribution in [3.05, 3.63) is 76.3 Å². The number of rotatable bonds is 8. The van der Waals surface area contributed by atoms with Crippen LogP contribution in [-0.2, 0) is 35.8 Å². The van der Waals surface area contributed by atoms with Crippen LogP contribution in [0.25, 0.3) is 0 Å². The molecule has 1 N–H and O–H groups in total. The van der Waals surface area contributed by atoms with Crippen molar-refractivity contribution in [3.8, 4) is 0 Å². The van der Waals surface area contributed by atoms with Crippen molar-refractivity contribution in [1.29, 1.82) is 0 Å². The highest BCUT2D eigenvalue weighted by molar-refractivity contribution is 7.91. The van der Waals surface area contributed by atoms with E-state index in [0.29, 0.717) is 29.1 Å². The number of nitrogens with one attached hydrogen (secondary N) is 1. The fourth-order valence-electron chi connectivity index (χ4n) is 5.84. The summed E-state index contributed by atoms with van der Waals surface area (Å²) < 4.78 is 29.8. The number of hydrogen-bond acceptors (Lipinski definition) is 7. The van der Waals surface area contributed by atoms with Crippen LogP contribution >= 0.6 is 0 Å². The maximum Gasteiger partial charge on any atom is 0.251 e. The second-order valence-corrected chi connectivity index (χ2v) is 13.1. The lowest BCUT2D eigenvalue weighted by atomic mass is 9.89. The van der Waals surface area contributed by atoms with E-state index in [4.69, 9.17) is 4.42 Å². The number of sulfone groups is 1. The average Bonchev–Trinajstić information content (AvgIpc) is 3.45. The van der Waals surface area contributed by atoms with Crippen LogP contribution in [0.4, 0.5) is 0 Å². The number of pyridine rings is 1. The average molecular weight is 537 g/mol. The summed E-state index contributed by atoms with van der Waals surface area (Å²) >= 11 is 0. The molecule has 1 aliphatic heterocycles. The summed E-state index contributed by atoms with van der Waals surface area (Å²) in [5.74, 6) is 2.65. The molecule has 38 heavy (non-hydrogen) atoms. The number of hydrogen-bond donors (Lipinski definition) is 1. The summed E-state index contributed by atoms with van der Waals surface area (Å²) in [5, 5.41) is 2.92. The quantitative estimate of drug-likeness (QED) is 0.454. The lowest BCUT2D eigenvalue weighted by molar-refractivity contribution is 0.0950. The SMILES string of the molecule is CCS(=O)(=O)c1ccc(CNC(=O)c2ccc3c(c2)CN(C[C@@H]2CCc4nc(C)oc4C2)[C@H]3C(C)C)nc1. The molecule has 2 aromatic heterocycles. The van der Waals surface area contributed by atoms with E-state index in [2.05, 4.69) is 40.1 Å². The number of nitrogens with zero attached hydrogens (tertiary/aromatic N) is 3. The van der Waals surface area contributed by atoms with E-state index in [9.17, 15) is 13.2 Å². The number of benzene rings is 1. The van der Waals surface area contributed by atoms with E-state index in [-0.39, 0.29) is 23.1 Å². The number of fused-ring (bicyclic) bond motifs is 2. The Morgan fingerprint density at radius 1 is 1.24 bits per heavy atom. The molecule has 2 aliphatic rings. The number of aryl methyl sites for hydroxylation is 2. The van der Waals surface area contributed by atoms with E-state index in [0.717, 1.165) is 49.7 Å². The van der Waals surface area contributed by atoms with Crippen molar-refractivity contribution in [1.82, 2.24) is 20.2 Å². The van der Waals surface area contributed by atoms with Gasteiger partial charge in [0.1, 0.15) is 5.76 Å². The minimum atomic E-state index is -3.29. The molecule has 0 bridgehead atoms. The first-order valence-corrected chi connectivity index (χ1v) is 15.1. The Morgan fingerprint density at radius 3 is 2.76 bits per heavy atom. The molecule has 2 atom stereocenters. The normalized spacial score (nSPS) is 19.4. The smallest absolute Gasteiger partial charge is 0.251 e. The molecule has 0 radical (unpaired) electrons. The van der Waals surface area contributed by atoms with Gasteiger partial charge in [-0.1, -0.05) is 26.8 Å². The van der Waals surface area contributed by atoms with Gasteiger partial charge in [-0.3, -0.25) is 14.7 Å². The molecule has 8 nitrogen and oxygen atoms in total. The minimum Gasteiger partial charge on any atom is -0.446 e. The van der Waals surface area contributed by atoms with Crippen LogP contribution in [-0.4, -0.2) is 41.5 Å². The van der Waals surface area contributed by atoms with Crippen LogP contribution in [0.3, 0.4) is 0 Å². The molecular formula is C29H36N4O4S. The third-order valence-electron chi connectivity index (χ3n) is 7.73. The number of aromatic nitrogens is 2. The topological polar surface area (TPSA) is 105 Å². The van der Waals surface area contributed by atoms with Gasteiger partial charge in [-0.15, -0.1) is 0 Å². The molecule has 9 heteroatoms. The van der Waals surface area contributed by atoms with Gasteiger partial charge in [0, 0.05) is 44.2 Å². The zero-order valence-corrected chi connectivity index (χ0v) is 23.3. The zero-order valence-electron chi connectivity index (χ0n) is 22.5.